The molecule has 4 heteroatoms. The smallest absolute Gasteiger partial charge is 0.224 e. The molecule has 0 aliphatic rings. The molecule has 0 radical (unpaired) electrons. The van der Waals surface area contributed by atoms with E-state index in [1.807, 2.05) is 6.92 Å². The lowest BCUT2D eigenvalue weighted by Gasteiger charge is -2.11. The third kappa shape index (κ3) is 5.34. The largest absolute Gasteiger partial charge is 0.384 e. The molecular formula is C15H18ClNO2. The number of aliphatic hydroxyl groups excluding tert-OH is 1. The van der Waals surface area contributed by atoms with E-state index in [1.165, 1.54) is 0 Å². The van der Waals surface area contributed by atoms with E-state index >= 15 is 0 Å². The van der Waals surface area contributed by atoms with Gasteiger partial charge in [-0.25, -0.2) is 0 Å². The molecular weight excluding hydrogens is 262 g/mol. The van der Waals surface area contributed by atoms with Gasteiger partial charge in [0, 0.05) is 17.0 Å². The second kappa shape index (κ2) is 7.83. The first-order chi connectivity index (χ1) is 9.06. The molecule has 2 N–H and O–H groups in total. The first kappa shape index (κ1) is 15.6. The molecule has 1 aromatic rings. The first-order valence-corrected chi connectivity index (χ1v) is 6.63. The second-order valence-corrected chi connectivity index (χ2v) is 4.85. The number of rotatable bonds is 4. The van der Waals surface area contributed by atoms with Gasteiger partial charge in [0.05, 0.1) is 5.69 Å². The molecule has 0 aliphatic heterocycles. The summed E-state index contributed by atoms with van der Waals surface area (Å²) in [7, 11) is 0. The van der Waals surface area contributed by atoms with E-state index in [9.17, 15) is 4.79 Å². The maximum Gasteiger partial charge on any atom is 0.224 e. The molecule has 0 heterocycles. The zero-order valence-electron chi connectivity index (χ0n) is 11.2. The third-order valence-electron chi connectivity index (χ3n) is 2.79. The van der Waals surface area contributed by atoms with Gasteiger partial charge in [-0.2, -0.15) is 0 Å². The zero-order chi connectivity index (χ0) is 14.3. The van der Waals surface area contributed by atoms with Gasteiger partial charge in [0.2, 0.25) is 5.91 Å². The predicted octanol–water partition coefficient (Wildman–Crippen LogP) is 3.06. The minimum atomic E-state index is -0.219. The van der Waals surface area contributed by atoms with Crippen molar-refractivity contribution in [3.05, 3.63) is 28.8 Å². The summed E-state index contributed by atoms with van der Waals surface area (Å²) in [5.74, 6) is 5.64. The van der Waals surface area contributed by atoms with Gasteiger partial charge >= 0.3 is 0 Å². The Hall–Kier alpha value is -1.50. The van der Waals surface area contributed by atoms with E-state index in [0.29, 0.717) is 28.6 Å². The Balaban J connectivity index is 2.86. The SMILES string of the molecule is CCC(C)CC(=O)Nc1cc(Cl)ccc1C#CCO. The maximum atomic E-state index is 11.9. The summed E-state index contributed by atoms with van der Waals surface area (Å²) in [4.78, 5) is 11.9. The zero-order valence-corrected chi connectivity index (χ0v) is 11.9. The topological polar surface area (TPSA) is 49.3 Å². The van der Waals surface area contributed by atoms with E-state index < -0.39 is 0 Å². The average Bonchev–Trinajstić information content (AvgIpc) is 2.37. The number of hydrogen-bond donors (Lipinski definition) is 2. The molecule has 19 heavy (non-hydrogen) atoms. The Morgan fingerprint density at radius 2 is 2.26 bits per heavy atom. The minimum absolute atomic E-state index is 0.0522. The molecule has 0 fully saturated rings. The fourth-order valence-corrected chi connectivity index (χ4v) is 1.70. The van der Waals surface area contributed by atoms with Crippen molar-refractivity contribution < 1.29 is 9.90 Å². The van der Waals surface area contributed by atoms with Crippen molar-refractivity contribution in [1.29, 1.82) is 0 Å². The number of hydrogen-bond acceptors (Lipinski definition) is 2. The van der Waals surface area contributed by atoms with Crippen molar-refractivity contribution in [2.24, 2.45) is 5.92 Å². The number of benzene rings is 1. The quantitative estimate of drug-likeness (QED) is 0.832. The van der Waals surface area contributed by atoms with Crippen molar-refractivity contribution in [2.45, 2.75) is 26.7 Å². The van der Waals surface area contributed by atoms with Crippen LogP contribution in [-0.4, -0.2) is 17.6 Å². The summed E-state index contributed by atoms with van der Waals surface area (Å²) in [6.45, 7) is 3.86. The van der Waals surface area contributed by atoms with Crippen molar-refractivity contribution in [3.63, 3.8) is 0 Å². The van der Waals surface area contributed by atoms with Gasteiger partial charge in [-0.15, -0.1) is 0 Å². The highest BCUT2D eigenvalue weighted by molar-refractivity contribution is 6.31. The highest BCUT2D eigenvalue weighted by Crippen LogP contribution is 2.21. The summed E-state index contributed by atoms with van der Waals surface area (Å²) in [5.41, 5.74) is 1.23. The number of nitrogens with one attached hydrogen (secondary N) is 1. The molecule has 1 aromatic carbocycles. The van der Waals surface area contributed by atoms with Crippen LogP contribution in [0.25, 0.3) is 0 Å². The summed E-state index contributed by atoms with van der Waals surface area (Å²) in [6, 6.07) is 5.09. The van der Waals surface area contributed by atoms with Crippen molar-refractivity contribution >= 4 is 23.2 Å². The Morgan fingerprint density at radius 1 is 1.53 bits per heavy atom. The van der Waals surface area contributed by atoms with Crippen molar-refractivity contribution in [3.8, 4) is 11.8 Å². The van der Waals surface area contributed by atoms with Gasteiger partial charge in [-0.3, -0.25) is 4.79 Å². The number of carbonyl (C=O) groups excluding carboxylic acids is 1. The van der Waals surface area contributed by atoms with Crippen LogP contribution in [0, 0.1) is 17.8 Å². The maximum absolute atomic E-state index is 11.9. The molecule has 0 aliphatic carbocycles. The molecule has 1 amide bonds. The highest BCUT2D eigenvalue weighted by atomic mass is 35.5. The van der Waals surface area contributed by atoms with E-state index in [0.717, 1.165) is 6.42 Å². The number of halogens is 1. The van der Waals surface area contributed by atoms with E-state index in [4.69, 9.17) is 16.7 Å². The molecule has 3 nitrogen and oxygen atoms in total. The molecule has 1 unspecified atom stereocenters. The summed E-state index contributed by atoms with van der Waals surface area (Å²) in [5, 5.41) is 12.1. The fourth-order valence-electron chi connectivity index (χ4n) is 1.53. The van der Waals surface area contributed by atoms with Crippen LogP contribution >= 0.6 is 11.6 Å². The fraction of sp³-hybridized carbons (Fsp3) is 0.400. The van der Waals surface area contributed by atoms with E-state index in [2.05, 4.69) is 24.1 Å². The van der Waals surface area contributed by atoms with Crippen LogP contribution in [0.15, 0.2) is 18.2 Å². The van der Waals surface area contributed by atoms with E-state index in [-0.39, 0.29) is 12.5 Å². The lowest BCUT2D eigenvalue weighted by molar-refractivity contribution is -0.117. The van der Waals surface area contributed by atoms with Crippen LogP contribution in [0.1, 0.15) is 32.3 Å². The molecule has 1 rings (SSSR count). The molecule has 0 spiro atoms. The van der Waals surface area contributed by atoms with Gasteiger partial charge in [-0.05, 0) is 24.1 Å². The second-order valence-electron chi connectivity index (χ2n) is 4.42. The Morgan fingerprint density at radius 3 is 2.89 bits per heavy atom. The number of aliphatic hydroxyl groups is 1. The normalized spacial score (nSPS) is 11.4. The number of carbonyl (C=O) groups is 1. The molecule has 0 saturated carbocycles. The first-order valence-electron chi connectivity index (χ1n) is 6.26. The van der Waals surface area contributed by atoms with Crippen LogP contribution in [0.3, 0.4) is 0 Å². The summed E-state index contributed by atoms with van der Waals surface area (Å²) < 4.78 is 0. The predicted molar refractivity (Wildman–Crippen MR) is 78.1 cm³/mol. The van der Waals surface area contributed by atoms with Gasteiger partial charge in [0.15, 0.2) is 0 Å². The molecule has 1 atom stereocenters. The monoisotopic (exact) mass is 279 g/mol. The molecule has 102 valence electrons. The Bertz CT molecular complexity index is 503. The molecule has 0 saturated heterocycles. The average molecular weight is 280 g/mol. The lowest BCUT2D eigenvalue weighted by atomic mass is 10.0. The molecule has 0 aromatic heterocycles. The summed E-state index contributed by atoms with van der Waals surface area (Å²) in [6.07, 6.45) is 1.43. The lowest BCUT2D eigenvalue weighted by Crippen LogP contribution is -2.15. The van der Waals surface area contributed by atoms with Crippen LogP contribution < -0.4 is 5.32 Å². The Labute approximate surface area is 119 Å². The van der Waals surface area contributed by atoms with Gasteiger partial charge in [-0.1, -0.05) is 43.7 Å². The van der Waals surface area contributed by atoms with Crippen molar-refractivity contribution in [2.75, 3.05) is 11.9 Å². The highest BCUT2D eigenvalue weighted by Gasteiger charge is 2.10. The van der Waals surface area contributed by atoms with E-state index in [1.54, 1.807) is 18.2 Å². The Kier molecular flexibility index (Phi) is 6.41. The van der Waals surface area contributed by atoms with Gasteiger partial charge in [0.25, 0.3) is 0 Å². The van der Waals surface area contributed by atoms with Gasteiger partial charge in [0.1, 0.15) is 6.61 Å². The standard InChI is InChI=1S/C15H18ClNO2/c1-3-11(2)9-15(19)17-14-10-13(16)7-6-12(14)5-4-8-18/h6-7,10-11,18H,3,8-9H2,1-2H3,(H,17,19). The van der Waals surface area contributed by atoms with Crippen LogP contribution in [0.5, 0.6) is 0 Å². The summed E-state index contributed by atoms with van der Waals surface area (Å²) >= 11 is 5.92. The van der Waals surface area contributed by atoms with Crippen LogP contribution in [0.4, 0.5) is 5.69 Å². The van der Waals surface area contributed by atoms with Crippen LogP contribution in [0.2, 0.25) is 5.02 Å². The number of anilines is 1. The molecule has 0 bridgehead atoms. The minimum Gasteiger partial charge on any atom is -0.384 e. The van der Waals surface area contributed by atoms with Crippen molar-refractivity contribution in [1.82, 2.24) is 0 Å². The number of amides is 1. The van der Waals surface area contributed by atoms with Crippen LogP contribution in [-0.2, 0) is 4.79 Å². The third-order valence-corrected chi connectivity index (χ3v) is 3.02. The van der Waals surface area contributed by atoms with Gasteiger partial charge < -0.3 is 10.4 Å².